The van der Waals surface area contributed by atoms with Crippen molar-refractivity contribution in [2.45, 2.75) is 122 Å². The van der Waals surface area contributed by atoms with Gasteiger partial charge in [0.2, 0.25) is 0 Å². The standard InChI is InChI=1S/C23H43ClO2/c1-3-4-5-6-7-8-9-10-11-12-13-14-15-16-17-18-19-20-21-26-23(25)22(2)24/h2-21H2,1H3. The van der Waals surface area contributed by atoms with Crippen molar-refractivity contribution < 1.29 is 9.53 Å². The molecule has 0 bridgehead atoms. The molecule has 26 heavy (non-hydrogen) atoms. The van der Waals surface area contributed by atoms with E-state index < -0.39 is 5.97 Å². The number of rotatable bonds is 20. The van der Waals surface area contributed by atoms with Gasteiger partial charge in [0.15, 0.2) is 0 Å². The Bertz CT molecular complexity index is 328. The maximum atomic E-state index is 11.1. The Morgan fingerprint density at radius 3 is 1.27 bits per heavy atom. The molecule has 3 heteroatoms. The summed E-state index contributed by atoms with van der Waals surface area (Å²) < 4.78 is 4.96. The molecule has 0 aliphatic heterocycles. The lowest BCUT2D eigenvalue weighted by molar-refractivity contribution is -0.138. The molecule has 0 atom stereocenters. The summed E-state index contributed by atoms with van der Waals surface area (Å²) in [4.78, 5) is 11.1. The van der Waals surface area contributed by atoms with Crippen LogP contribution in [0.15, 0.2) is 11.6 Å². The summed E-state index contributed by atoms with van der Waals surface area (Å²) in [6.45, 7) is 6.09. The van der Waals surface area contributed by atoms with Crippen LogP contribution in [0, 0.1) is 0 Å². The zero-order chi connectivity index (χ0) is 19.3. The fraction of sp³-hybridized carbons (Fsp3) is 0.870. The van der Waals surface area contributed by atoms with Gasteiger partial charge in [-0.2, -0.15) is 0 Å². The first-order valence-corrected chi connectivity index (χ1v) is 11.6. The van der Waals surface area contributed by atoms with Crippen molar-refractivity contribution in [3.8, 4) is 0 Å². The number of carbonyl (C=O) groups is 1. The van der Waals surface area contributed by atoms with Gasteiger partial charge in [-0.25, -0.2) is 4.79 Å². The number of unbranched alkanes of at least 4 members (excludes halogenated alkanes) is 17. The summed E-state index contributed by atoms with van der Waals surface area (Å²) in [5.41, 5.74) is 0. The number of carbonyl (C=O) groups excluding carboxylic acids is 1. The predicted octanol–water partition coefficient (Wildman–Crippen LogP) is 8.32. The Kier molecular flexibility index (Phi) is 20.4. The molecular formula is C23H43ClO2. The molecule has 0 heterocycles. The van der Waals surface area contributed by atoms with E-state index in [9.17, 15) is 4.79 Å². The van der Waals surface area contributed by atoms with Crippen LogP contribution in [0.4, 0.5) is 0 Å². The number of ether oxygens (including phenoxy) is 1. The van der Waals surface area contributed by atoms with Crippen LogP contribution in [-0.4, -0.2) is 12.6 Å². The van der Waals surface area contributed by atoms with Gasteiger partial charge in [0.1, 0.15) is 5.03 Å². The summed E-state index contributed by atoms with van der Waals surface area (Å²) in [7, 11) is 0. The van der Waals surface area contributed by atoms with E-state index in [1.807, 2.05) is 0 Å². The first-order chi connectivity index (χ1) is 12.7. The van der Waals surface area contributed by atoms with Crippen molar-refractivity contribution in [1.82, 2.24) is 0 Å². The van der Waals surface area contributed by atoms with Crippen molar-refractivity contribution in [1.29, 1.82) is 0 Å². The molecule has 0 aromatic carbocycles. The lowest BCUT2D eigenvalue weighted by atomic mass is 10.0. The van der Waals surface area contributed by atoms with Crippen LogP contribution >= 0.6 is 11.6 Å². The van der Waals surface area contributed by atoms with Crippen molar-refractivity contribution in [3.05, 3.63) is 11.6 Å². The molecule has 0 radical (unpaired) electrons. The summed E-state index contributed by atoms with van der Waals surface area (Å²) in [5.74, 6) is -0.487. The van der Waals surface area contributed by atoms with Crippen molar-refractivity contribution in [2.24, 2.45) is 0 Å². The van der Waals surface area contributed by atoms with Gasteiger partial charge in [0, 0.05) is 0 Å². The smallest absolute Gasteiger partial charge is 0.349 e. The molecule has 0 fully saturated rings. The zero-order valence-corrected chi connectivity index (χ0v) is 18.1. The highest BCUT2D eigenvalue weighted by molar-refractivity contribution is 6.40. The predicted molar refractivity (Wildman–Crippen MR) is 115 cm³/mol. The molecule has 0 aromatic rings. The third kappa shape index (κ3) is 19.8. The molecule has 0 aromatic heterocycles. The maximum absolute atomic E-state index is 11.1. The van der Waals surface area contributed by atoms with Gasteiger partial charge in [-0.3, -0.25) is 0 Å². The van der Waals surface area contributed by atoms with Gasteiger partial charge >= 0.3 is 5.97 Å². The normalized spacial score (nSPS) is 10.8. The topological polar surface area (TPSA) is 26.3 Å². The highest BCUT2D eigenvalue weighted by Gasteiger charge is 2.03. The Balaban J connectivity index is 3.05. The van der Waals surface area contributed by atoms with Crippen LogP contribution < -0.4 is 0 Å². The van der Waals surface area contributed by atoms with Crippen LogP contribution in [0.3, 0.4) is 0 Å². The number of halogens is 1. The lowest BCUT2D eigenvalue weighted by Crippen LogP contribution is -2.04. The van der Waals surface area contributed by atoms with E-state index in [1.54, 1.807) is 0 Å². The SMILES string of the molecule is C=C(Cl)C(=O)OCCCCCCCCCCCCCCCCCCCC. The van der Waals surface area contributed by atoms with Crippen LogP contribution in [0.1, 0.15) is 122 Å². The Hall–Kier alpha value is -0.500. The average Bonchev–Trinajstić information content (AvgIpc) is 2.63. The Labute approximate surface area is 168 Å². The van der Waals surface area contributed by atoms with Gasteiger partial charge in [-0.1, -0.05) is 134 Å². The quantitative estimate of drug-likeness (QED) is 0.119. The number of esters is 1. The molecule has 0 N–H and O–H groups in total. The van der Waals surface area contributed by atoms with E-state index in [0.29, 0.717) is 6.61 Å². The van der Waals surface area contributed by atoms with E-state index in [4.69, 9.17) is 16.3 Å². The first-order valence-electron chi connectivity index (χ1n) is 11.2. The van der Waals surface area contributed by atoms with E-state index in [0.717, 1.165) is 12.8 Å². The summed E-state index contributed by atoms with van der Waals surface area (Å²) in [6, 6.07) is 0. The Morgan fingerprint density at radius 2 is 0.962 bits per heavy atom. The molecule has 154 valence electrons. The third-order valence-electron chi connectivity index (χ3n) is 4.95. The van der Waals surface area contributed by atoms with Gasteiger partial charge in [-0.05, 0) is 6.42 Å². The van der Waals surface area contributed by atoms with E-state index >= 15 is 0 Å². The second-order valence-corrected chi connectivity index (χ2v) is 8.01. The minimum Gasteiger partial charge on any atom is -0.461 e. The minimum absolute atomic E-state index is 0.0348. The first kappa shape index (κ1) is 25.5. The van der Waals surface area contributed by atoms with Crippen molar-refractivity contribution >= 4 is 17.6 Å². The van der Waals surface area contributed by atoms with Crippen LogP contribution in [0.2, 0.25) is 0 Å². The monoisotopic (exact) mass is 386 g/mol. The molecule has 0 unspecified atom stereocenters. The third-order valence-corrected chi connectivity index (χ3v) is 5.11. The van der Waals surface area contributed by atoms with Crippen molar-refractivity contribution in [2.75, 3.05) is 6.61 Å². The molecule has 0 saturated heterocycles. The summed E-state index contributed by atoms with van der Waals surface area (Å²) in [6.07, 6.45) is 24.4. The summed E-state index contributed by atoms with van der Waals surface area (Å²) >= 11 is 5.45. The molecular weight excluding hydrogens is 344 g/mol. The molecule has 0 rings (SSSR count). The van der Waals surface area contributed by atoms with E-state index in [1.165, 1.54) is 103 Å². The minimum atomic E-state index is -0.487. The highest BCUT2D eigenvalue weighted by Crippen LogP contribution is 2.14. The summed E-state index contributed by atoms with van der Waals surface area (Å²) in [5, 5.41) is -0.0348. The molecule has 0 amide bonds. The van der Waals surface area contributed by atoms with E-state index in [2.05, 4.69) is 13.5 Å². The average molecular weight is 387 g/mol. The largest absolute Gasteiger partial charge is 0.461 e. The van der Waals surface area contributed by atoms with Crippen LogP contribution in [-0.2, 0) is 9.53 Å². The van der Waals surface area contributed by atoms with Gasteiger partial charge in [0.25, 0.3) is 0 Å². The molecule has 0 spiro atoms. The molecule has 0 aliphatic rings. The van der Waals surface area contributed by atoms with Gasteiger partial charge in [0.05, 0.1) is 6.61 Å². The molecule has 0 aliphatic carbocycles. The fourth-order valence-electron chi connectivity index (χ4n) is 3.25. The zero-order valence-electron chi connectivity index (χ0n) is 17.3. The number of hydrogen-bond acceptors (Lipinski definition) is 2. The highest BCUT2D eigenvalue weighted by atomic mass is 35.5. The number of hydrogen-bond donors (Lipinski definition) is 0. The van der Waals surface area contributed by atoms with E-state index in [-0.39, 0.29) is 5.03 Å². The maximum Gasteiger partial charge on any atom is 0.349 e. The second kappa shape index (κ2) is 20.8. The van der Waals surface area contributed by atoms with Crippen LogP contribution in [0.25, 0.3) is 0 Å². The molecule has 2 nitrogen and oxygen atoms in total. The lowest BCUT2D eigenvalue weighted by Gasteiger charge is -2.04. The van der Waals surface area contributed by atoms with Gasteiger partial charge in [-0.15, -0.1) is 0 Å². The Morgan fingerprint density at radius 1 is 0.654 bits per heavy atom. The molecule has 0 saturated carbocycles. The van der Waals surface area contributed by atoms with Crippen molar-refractivity contribution in [3.63, 3.8) is 0 Å². The second-order valence-electron chi connectivity index (χ2n) is 7.55. The van der Waals surface area contributed by atoms with Gasteiger partial charge < -0.3 is 4.74 Å². The fourth-order valence-corrected chi connectivity index (χ4v) is 3.30. The van der Waals surface area contributed by atoms with Crippen LogP contribution in [0.5, 0.6) is 0 Å².